The first kappa shape index (κ1) is 12.7. The summed E-state index contributed by atoms with van der Waals surface area (Å²) in [6.45, 7) is 5.19. The van der Waals surface area contributed by atoms with Crippen molar-refractivity contribution in [2.24, 2.45) is 0 Å². The van der Waals surface area contributed by atoms with E-state index in [2.05, 4.69) is 12.2 Å². The van der Waals surface area contributed by atoms with Crippen molar-refractivity contribution < 1.29 is 4.74 Å². The third kappa shape index (κ3) is 3.36. The van der Waals surface area contributed by atoms with E-state index in [0.717, 1.165) is 35.7 Å². The molecule has 0 spiro atoms. The highest BCUT2D eigenvalue weighted by atomic mass is 35.5. The number of halogens is 1. The van der Waals surface area contributed by atoms with Gasteiger partial charge in [-0.25, -0.2) is 0 Å². The average molecular weight is 254 g/mol. The van der Waals surface area contributed by atoms with Crippen LogP contribution in [0.5, 0.6) is 5.75 Å². The fourth-order valence-electron chi connectivity index (χ4n) is 2.40. The molecule has 1 aliphatic carbocycles. The summed E-state index contributed by atoms with van der Waals surface area (Å²) in [5.41, 5.74) is 1.07. The van der Waals surface area contributed by atoms with Gasteiger partial charge in [0.25, 0.3) is 0 Å². The van der Waals surface area contributed by atoms with E-state index >= 15 is 0 Å². The lowest BCUT2D eigenvalue weighted by Gasteiger charge is -2.15. The quantitative estimate of drug-likeness (QED) is 0.886. The van der Waals surface area contributed by atoms with E-state index in [0.29, 0.717) is 12.1 Å². The Morgan fingerprint density at radius 3 is 2.94 bits per heavy atom. The third-order valence-electron chi connectivity index (χ3n) is 3.31. The molecule has 1 N–H and O–H groups in total. The van der Waals surface area contributed by atoms with Crippen LogP contribution in [0.2, 0.25) is 5.02 Å². The minimum Gasteiger partial charge on any atom is -0.490 e. The molecule has 2 atom stereocenters. The molecule has 0 aromatic heterocycles. The molecule has 2 unspecified atom stereocenters. The van der Waals surface area contributed by atoms with Crippen molar-refractivity contribution in [1.82, 2.24) is 5.32 Å². The van der Waals surface area contributed by atoms with Gasteiger partial charge in [-0.3, -0.25) is 0 Å². The largest absolute Gasteiger partial charge is 0.490 e. The van der Waals surface area contributed by atoms with Crippen molar-refractivity contribution in [3.05, 3.63) is 28.8 Å². The van der Waals surface area contributed by atoms with Gasteiger partial charge in [0.2, 0.25) is 0 Å². The SMILES string of the molecule is CCNC1CCC(Oc2ccc(Cl)c(C)c2)C1. The zero-order valence-corrected chi connectivity index (χ0v) is 11.3. The fraction of sp³-hybridized carbons (Fsp3) is 0.571. The summed E-state index contributed by atoms with van der Waals surface area (Å²) in [7, 11) is 0. The molecule has 1 fully saturated rings. The van der Waals surface area contributed by atoms with Crippen molar-refractivity contribution in [2.75, 3.05) is 6.54 Å². The number of benzene rings is 1. The first-order valence-electron chi connectivity index (χ1n) is 6.35. The molecule has 17 heavy (non-hydrogen) atoms. The Labute approximate surface area is 108 Å². The van der Waals surface area contributed by atoms with Gasteiger partial charge in [-0.2, -0.15) is 0 Å². The molecular weight excluding hydrogens is 234 g/mol. The zero-order valence-electron chi connectivity index (χ0n) is 10.5. The average Bonchev–Trinajstić information content (AvgIpc) is 2.72. The van der Waals surface area contributed by atoms with Crippen LogP contribution in [0.25, 0.3) is 0 Å². The molecule has 0 bridgehead atoms. The van der Waals surface area contributed by atoms with Gasteiger partial charge < -0.3 is 10.1 Å². The van der Waals surface area contributed by atoms with Crippen LogP contribution in [0.1, 0.15) is 31.7 Å². The Hall–Kier alpha value is -0.730. The van der Waals surface area contributed by atoms with Gasteiger partial charge in [0.05, 0.1) is 0 Å². The van der Waals surface area contributed by atoms with Crippen molar-refractivity contribution in [3.8, 4) is 5.75 Å². The standard InChI is InChI=1S/C14H20ClNO/c1-3-16-11-4-5-13(9-11)17-12-6-7-14(15)10(2)8-12/h6-8,11,13,16H,3-5,9H2,1-2H3. The Bertz CT molecular complexity index is 380. The Kier molecular flexibility index (Phi) is 4.30. The maximum atomic E-state index is 6.00. The van der Waals surface area contributed by atoms with Gasteiger partial charge in [-0.15, -0.1) is 0 Å². The zero-order chi connectivity index (χ0) is 12.3. The number of nitrogens with one attached hydrogen (secondary N) is 1. The number of ether oxygens (including phenoxy) is 1. The highest BCUT2D eigenvalue weighted by molar-refractivity contribution is 6.31. The van der Waals surface area contributed by atoms with Crippen LogP contribution in [-0.2, 0) is 0 Å². The maximum absolute atomic E-state index is 6.00. The van der Waals surface area contributed by atoms with E-state index in [9.17, 15) is 0 Å². The molecule has 3 heteroatoms. The number of hydrogen-bond acceptors (Lipinski definition) is 2. The summed E-state index contributed by atoms with van der Waals surface area (Å²) < 4.78 is 5.99. The summed E-state index contributed by atoms with van der Waals surface area (Å²) in [6, 6.07) is 6.50. The molecule has 0 aliphatic heterocycles. The van der Waals surface area contributed by atoms with E-state index < -0.39 is 0 Å². The molecule has 1 saturated carbocycles. The Balaban J connectivity index is 1.91. The van der Waals surface area contributed by atoms with Gasteiger partial charge in [0.15, 0.2) is 0 Å². The molecule has 0 amide bonds. The van der Waals surface area contributed by atoms with Gasteiger partial charge in [0.1, 0.15) is 11.9 Å². The third-order valence-corrected chi connectivity index (χ3v) is 3.73. The van der Waals surface area contributed by atoms with Crippen LogP contribution in [-0.4, -0.2) is 18.7 Å². The lowest BCUT2D eigenvalue weighted by Crippen LogP contribution is -2.27. The number of hydrogen-bond donors (Lipinski definition) is 1. The molecule has 0 radical (unpaired) electrons. The van der Waals surface area contributed by atoms with Crippen LogP contribution in [0, 0.1) is 6.92 Å². The topological polar surface area (TPSA) is 21.3 Å². The smallest absolute Gasteiger partial charge is 0.120 e. The second-order valence-corrected chi connectivity index (χ2v) is 5.13. The first-order chi connectivity index (χ1) is 8.19. The summed E-state index contributed by atoms with van der Waals surface area (Å²) >= 11 is 6.00. The summed E-state index contributed by atoms with van der Waals surface area (Å²) in [5, 5.41) is 4.28. The van der Waals surface area contributed by atoms with E-state index in [1.54, 1.807) is 0 Å². The maximum Gasteiger partial charge on any atom is 0.120 e. The molecule has 2 rings (SSSR count). The van der Waals surface area contributed by atoms with E-state index in [4.69, 9.17) is 16.3 Å². The monoisotopic (exact) mass is 253 g/mol. The molecule has 0 heterocycles. The van der Waals surface area contributed by atoms with E-state index in [1.165, 1.54) is 6.42 Å². The van der Waals surface area contributed by atoms with Crippen LogP contribution in [0.3, 0.4) is 0 Å². The molecule has 94 valence electrons. The van der Waals surface area contributed by atoms with Gasteiger partial charge >= 0.3 is 0 Å². The highest BCUT2D eigenvalue weighted by Gasteiger charge is 2.25. The Morgan fingerprint density at radius 1 is 1.41 bits per heavy atom. The second kappa shape index (κ2) is 5.74. The van der Waals surface area contributed by atoms with Gasteiger partial charge in [0, 0.05) is 11.1 Å². The molecule has 1 aromatic rings. The van der Waals surface area contributed by atoms with Crippen LogP contribution in [0.4, 0.5) is 0 Å². The lowest BCUT2D eigenvalue weighted by molar-refractivity contribution is 0.206. The van der Waals surface area contributed by atoms with Crippen LogP contribution < -0.4 is 10.1 Å². The van der Waals surface area contributed by atoms with Crippen LogP contribution >= 0.6 is 11.6 Å². The molecule has 0 saturated heterocycles. The van der Waals surface area contributed by atoms with Crippen molar-refractivity contribution in [1.29, 1.82) is 0 Å². The van der Waals surface area contributed by atoms with Crippen LogP contribution in [0.15, 0.2) is 18.2 Å². The second-order valence-electron chi connectivity index (χ2n) is 4.72. The van der Waals surface area contributed by atoms with Crippen molar-refractivity contribution >= 4 is 11.6 Å². The van der Waals surface area contributed by atoms with E-state index in [1.807, 2.05) is 25.1 Å². The molecular formula is C14H20ClNO. The predicted molar refractivity (Wildman–Crippen MR) is 71.9 cm³/mol. The summed E-state index contributed by atoms with van der Waals surface area (Å²) in [6.07, 6.45) is 3.81. The van der Waals surface area contributed by atoms with Gasteiger partial charge in [-0.05, 0) is 56.5 Å². The minimum absolute atomic E-state index is 0.347. The summed E-state index contributed by atoms with van der Waals surface area (Å²) in [4.78, 5) is 0. The molecule has 2 nitrogen and oxygen atoms in total. The number of aryl methyl sites for hydroxylation is 1. The number of rotatable bonds is 4. The first-order valence-corrected chi connectivity index (χ1v) is 6.73. The molecule has 1 aliphatic rings. The fourth-order valence-corrected chi connectivity index (χ4v) is 2.52. The molecule has 1 aromatic carbocycles. The summed E-state index contributed by atoms with van der Waals surface area (Å²) in [5.74, 6) is 0.939. The lowest BCUT2D eigenvalue weighted by atomic mass is 10.2. The van der Waals surface area contributed by atoms with Gasteiger partial charge in [-0.1, -0.05) is 18.5 Å². The highest BCUT2D eigenvalue weighted by Crippen LogP contribution is 2.27. The van der Waals surface area contributed by atoms with Crippen molar-refractivity contribution in [3.63, 3.8) is 0 Å². The Morgan fingerprint density at radius 2 is 2.24 bits per heavy atom. The van der Waals surface area contributed by atoms with E-state index in [-0.39, 0.29) is 0 Å². The normalized spacial score (nSPS) is 23.9. The van der Waals surface area contributed by atoms with Crippen molar-refractivity contribution in [2.45, 2.75) is 45.3 Å². The predicted octanol–water partition coefficient (Wildman–Crippen LogP) is 3.56. The minimum atomic E-state index is 0.347.